The molecule has 7 heteroatoms. The molecule has 0 bridgehead atoms. The van der Waals surface area contributed by atoms with Crippen LogP contribution in [0.25, 0.3) is 11.0 Å². The van der Waals surface area contributed by atoms with Crippen LogP contribution in [0.1, 0.15) is 23.6 Å². The van der Waals surface area contributed by atoms with Crippen LogP contribution in [0.3, 0.4) is 0 Å². The van der Waals surface area contributed by atoms with Gasteiger partial charge in [0.15, 0.2) is 17.6 Å². The summed E-state index contributed by atoms with van der Waals surface area (Å²) in [6, 6.07) is 9.07. The highest BCUT2D eigenvalue weighted by atomic mass is 16.6. The van der Waals surface area contributed by atoms with Crippen LogP contribution in [0.5, 0.6) is 11.5 Å². The van der Waals surface area contributed by atoms with Gasteiger partial charge in [-0.2, -0.15) is 0 Å². The van der Waals surface area contributed by atoms with Crippen LogP contribution in [0.2, 0.25) is 0 Å². The summed E-state index contributed by atoms with van der Waals surface area (Å²) in [4.78, 5) is 24.8. The molecule has 3 aromatic rings. The number of amides is 1. The van der Waals surface area contributed by atoms with Gasteiger partial charge in [-0.25, -0.2) is 0 Å². The van der Waals surface area contributed by atoms with Gasteiger partial charge in [0.25, 0.3) is 5.91 Å². The maximum absolute atomic E-state index is 12.4. The Kier molecular flexibility index (Phi) is 5.35. The molecule has 1 aliphatic heterocycles. The molecule has 0 spiro atoms. The first-order valence-electron chi connectivity index (χ1n) is 9.78. The minimum Gasteiger partial charge on any atom is -0.486 e. The molecule has 0 fully saturated rings. The van der Waals surface area contributed by atoms with Crippen molar-refractivity contribution in [1.82, 2.24) is 0 Å². The number of furan rings is 1. The topological polar surface area (TPSA) is 87.0 Å². The first-order chi connectivity index (χ1) is 14.4. The van der Waals surface area contributed by atoms with E-state index >= 15 is 0 Å². The Labute approximate surface area is 173 Å². The Hall–Kier alpha value is -3.48. The minimum absolute atomic E-state index is 0.0249. The smallest absolute Gasteiger partial charge is 0.311 e. The molecule has 1 unspecified atom stereocenters. The van der Waals surface area contributed by atoms with Crippen molar-refractivity contribution < 1.29 is 28.2 Å². The third-order valence-corrected chi connectivity index (χ3v) is 5.09. The maximum Gasteiger partial charge on any atom is 0.311 e. The van der Waals surface area contributed by atoms with E-state index in [1.165, 1.54) is 6.92 Å². The summed E-state index contributed by atoms with van der Waals surface area (Å²) in [7, 11) is 0. The van der Waals surface area contributed by atoms with Crippen molar-refractivity contribution >= 4 is 28.5 Å². The number of fused-ring (bicyclic) bond motifs is 2. The highest BCUT2D eigenvalue weighted by molar-refractivity contribution is 5.95. The highest BCUT2D eigenvalue weighted by Crippen LogP contribution is 2.32. The average molecular weight is 409 g/mol. The maximum atomic E-state index is 12.4. The molecule has 2 heterocycles. The zero-order chi connectivity index (χ0) is 21.3. The van der Waals surface area contributed by atoms with Crippen LogP contribution in [0, 0.1) is 13.8 Å². The number of hydrogen-bond donors (Lipinski definition) is 1. The van der Waals surface area contributed by atoms with E-state index in [-0.39, 0.29) is 6.42 Å². The van der Waals surface area contributed by atoms with Crippen molar-refractivity contribution in [2.75, 3.05) is 18.5 Å². The second-order valence-corrected chi connectivity index (χ2v) is 7.35. The number of hydrogen-bond acceptors (Lipinski definition) is 6. The lowest BCUT2D eigenvalue weighted by Gasteiger charge is -2.19. The molecule has 1 aliphatic rings. The van der Waals surface area contributed by atoms with Gasteiger partial charge in [0.1, 0.15) is 18.8 Å². The van der Waals surface area contributed by atoms with Crippen LogP contribution in [0.15, 0.2) is 41.0 Å². The lowest BCUT2D eigenvalue weighted by Crippen LogP contribution is -2.30. The molecule has 1 N–H and O–H groups in total. The molecule has 7 nitrogen and oxygen atoms in total. The van der Waals surface area contributed by atoms with Gasteiger partial charge in [-0.15, -0.1) is 0 Å². The van der Waals surface area contributed by atoms with Crippen molar-refractivity contribution in [2.24, 2.45) is 0 Å². The molecule has 0 aliphatic carbocycles. The van der Waals surface area contributed by atoms with Crippen molar-refractivity contribution in [3.8, 4) is 11.5 Å². The Balaban J connectivity index is 1.37. The molecule has 0 saturated carbocycles. The Bertz CT molecular complexity index is 1120. The van der Waals surface area contributed by atoms with E-state index < -0.39 is 18.0 Å². The Morgan fingerprint density at radius 1 is 1.07 bits per heavy atom. The zero-order valence-electron chi connectivity index (χ0n) is 17.1. The monoisotopic (exact) mass is 409 g/mol. The number of carbonyl (C=O) groups is 2. The molecule has 0 radical (unpaired) electrons. The predicted molar refractivity (Wildman–Crippen MR) is 111 cm³/mol. The van der Waals surface area contributed by atoms with Crippen molar-refractivity contribution in [3.05, 3.63) is 53.3 Å². The van der Waals surface area contributed by atoms with E-state index in [2.05, 4.69) is 5.32 Å². The Morgan fingerprint density at radius 3 is 2.60 bits per heavy atom. The number of rotatable bonds is 5. The predicted octanol–water partition coefficient (Wildman–Crippen LogP) is 3.93. The van der Waals surface area contributed by atoms with Gasteiger partial charge in [-0.05, 0) is 56.2 Å². The first kappa shape index (κ1) is 19.8. The standard InChI is InChI=1S/C23H23NO6/c1-13-8-18-16(12-29-20(18)9-14(13)2)10-22(25)30-15(3)23(26)24-17-4-5-19-21(11-17)28-7-6-27-19/h4-5,8-9,11-12,15H,6-7,10H2,1-3H3,(H,24,26). The van der Waals surface area contributed by atoms with Gasteiger partial charge >= 0.3 is 5.97 Å². The number of benzene rings is 2. The number of esters is 1. The zero-order valence-corrected chi connectivity index (χ0v) is 17.1. The number of anilines is 1. The number of aryl methyl sites for hydroxylation is 2. The lowest BCUT2D eigenvalue weighted by atomic mass is 10.0. The summed E-state index contributed by atoms with van der Waals surface area (Å²) in [5.74, 6) is 0.279. The van der Waals surface area contributed by atoms with Crippen LogP contribution >= 0.6 is 0 Å². The van der Waals surface area contributed by atoms with E-state index in [1.54, 1.807) is 24.5 Å². The third-order valence-electron chi connectivity index (χ3n) is 5.09. The van der Waals surface area contributed by atoms with E-state index in [1.807, 2.05) is 26.0 Å². The molecule has 1 amide bonds. The molecule has 4 rings (SSSR count). The highest BCUT2D eigenvalue weighted by Gasteiger charge is 2.21. The second-order valence-electron chi connectivity index (χ2n) is 7.35. The summed E-state index contributed by atoms with van der Waals surface area (Å²) < 4.78 is 21.9. The summed E-state index contributed by atoms with van der Waals surface area (Å²) in [5.41, 5.74) is 4.24. The van der Waals surface area contributed by atoms with Gasteiger partial charge in [0, 0.05) is 22.7 Å². The fourth-order valence-electron chi connectivity index (χ4n) is 3.29. The van der Waals surface area contributed by atoms with Gasteiger partial charge in [0.05, 0.1) is 12.7 Å². The fraction of sp³-hybridized carbons (Fsp3) is 0.304. The summed E-state index contributed by atoms with van der Waals surface area (Å²) in [6.07, 6.45) is 0.634. The quantitative estimate of drug-likeness (QED) is 0.643. The lowest BCUT2D eigenvalue weighted by molar-refractivity contribution is -0.152. The fourth-order valence-corrected chi connectivity index (χ4v) is 3.29. The number of ether oxygens (including phenoxy) is 3. The van der Waals surface area contributed by atoms with Crippen LogP contribution in [0.4, 0.5) is 5.69 Å². The number of nitrogens with one attached hydrogen (secondary N) is 1. The average Bonchev–Trinajstić information content (AvgIpc) is 3.09. The van der Waals surface area contributed by atoms with Gasteiger partial charge in [0.2, 0.25) is 0 Å². The molecule has 1 aromatic heterocycles. The van der Waals surface area contributed by atoms with E-state index in [4.69, 9.17) is 18.6 Å². The third kappa shape index (κ3) is 4.10. The van der Waals surface area contributed by atoms with Crippen molar-refractivity contribution in [1.29, 1.82) is 0 Å². The van der Waals surface area contributed by atoms with E-state index in [0.717, 1.165) is 27.7 Å². The molecule has 2 aromatic carbocycles. The minimum atomic E-state index is -0.951. The molecular formula is C23H23NO6. The number of carbonyl (C=O) groups excluding carboxylic acids is 2. The summed E-state index contributed by atoms with van der Waals surface area (Å²) in [5, 5.41) is 3.61. The van der Waals surface area contributed by atoms with E-state index in [0.29, 0.717) is 30.4 Å². The summed E-state index contributed by atoms with van der Waals surface area (Å²) in [6.45, 7) is 6.50. The molecule has 1 atom stereocenters. The van der Waals surface area contributed by atoms with Gasteiger partial charge < -0.3 is 23.9 Å². The van der Waals surface area contributed by atoms with Crippen LogP contribution in [-0.2, 0) is 20.7 Å². The molecular weight excluding hydrogens is 386 g/mol. The second kappa shape index (κ2) is 8.10. The van der Waals surface area contributed by atoms with Crippen molar-refractivity contribution in [3.63, 3.8) is 0 Å². The van der Waals surface area contributed by atoms with Crippen LogP contribution < -0.4 is 14.8 Å². The van der Waals surface area contributed by atoms with Crippen molar-refractivity contribution in [2.45, 2.75) is 33.3 Å². The van der Waals surface area contributed by atoms with Crippen LogP contribution in [-0.4, -0.2) is 31.2 Å². The largest absolute Gasteiger partial charge is 0.486 e. The SMILES string of the molecule is Cc1cc2occ(CC(=O)OC(C)C(=O)Nc3ccc4c(c3)OCCO4)c2cc1C. The summed E-state index contributed by atoms with van der Waals surface area (Å²) >= 11 is 0. The molecule has 156 valence electrons. The van der Waals surface area contributed by atoms with Gasteiger partial charge in [-0.3, -0.25) is 9.59 Å². The molecule has 30 heavy (non-hydrogen) atoms. The normalized spacial score (nSPS) is 13.7. The first-order valence-corrected chi connectivity index (χ1v) is 9.78. The van der Waals surface area contributed by atoms with Gasteiger partial charge in [-0.1, -0.05) is 0 Å². The Morgan fingerprint density at radius 2 is 1.80 bits per heavy atom. The van der Waals surface area contributed by atoms with E-state index in [9.17, 15) is 9.59 Å². The molecule has 0 saturated heterocycles.